The Morgan fingerprint density at radius 1 is 0.906 bits per heavy atom. The highest BCUT2D eigenvalue weighted by molar-refractivity contribution is 5.69. The monoisotopic (exact) mass is 421 g/mol. The molecule has 0 saturated carbocycles. The molecule has 4 aromatic rings. The second-order valence-electron chi connectivity index (χ2n) is 6.92. The van der Waals surface area contributed by atoms with E-state index in [4.69, 9.17) is 15.3 Å². The maximum Gasteiger partial charge on any atom is 0.230 e. The molecule has 0 aliphatic rings. The van der Waals surface area contributed by atoms with E-state index in [9.17, 15) is 4.39 Å². The Balaban J connectivity index is 1.52. The Labute approximate surface area is 184 Å². The molecular formula is C25H16FN5O. The van der Waals surface area contributed by atoms with Gasteiger partial charge in [0, 0.05) is 18.0 Å². The Morgan fingerprint density at radius 2 is 1.66 bits per heavy atom. The molecule has 154 valence electrons. The molecule has 32 heavy (non-hydrogen) atoms. The minimum absolute atomic E-state index is 0.0306. The molecule has 0 fully saturated rings. The zero-order chi connectivity index (χ0) is 22.5. The second kappa shape index (κ2) is 8.95. The van der Waals surface area contributed by atoms with Crippen LogP contribution in [0.3, 0.4) is 0 Å². The van der Waals surface area contributed by atoms with Crippen molar-refractivity contribution < 1.29 is 9.13 Å². The van der Waals surface area contributed by atoms with Gasteiger partial charge in [0.25, 0.3) is 0 Å². The second-order valence-corrected chi connectivity index (χ2v) is 6.92. The number of benzene rings is 3. The molecule has 0 unspecified atom stereocenters. The van der Waals surface area contributed by atoms with Crippen molar-refractivity contribution in [3.8, 4) is 34.9 Å². The highest BCUT2D eigenvalue weighted by atomic mass is 19.1. The lowest BCUT2D eigenvalue weighted by Crippen LogP contribution is -1.99. The van der Waals surface area contributed by atoms with Gasteiger partial charge in [-0.15, -0.1) is 0 Å². The third kappa shape index (κ3) is 4.53. The molecule has 3 aromatic carbocycles. The SMILES string of the molecule is Cc1cc(C#N)ccc1-c1ccc(Oc2ccnc(Nc3ccc(C#N)cc3)n2)c(F)c1. The van der Waals surface area contributed by atoms with E-state index in [1.165, 1.54) is 24.4 Å². The lowest BCUT2D eigenvalue weighted by molar-refractivity contribution is 0.427. The zero-order valence-electron chi connectivity index (χ0n) is 17.0. The van der Waals surface area contributed by atoms with Gasteiger partial charge in [0.15, 0.2) is 11.6 Å². The number of nitrogens with one attached hydrogen (secondary N) is 1. The molecule has 0 radical (unpaired) electrons. The maximum atomic E-state index is 14.8. The Morgan fingerprint density at radius 3 is 2.34 bits per heavy atom. The van der Waals surface area contributed by atoms with E-state index in [-0.39, 0.29) is 17.6 Å². The van der Waals surface area contributed by atoms with Crippen LogP contribution in [0.4, 0.5) is 16.0 Å². The van der Waals surface area contributed by atoms with Crippen molar-refractivity contribution in [2.75, 3.05) is 5.32 Å². The predicted octanol–water partition coefficient (Wildman–Crippen LogP) is 5.87. The fraction of sp³-hybridized carbons (Fsp3) is 0.0400. The lowest BCUT2D eigenvalue weighted by atomic mass is 9.98. The molecule has 0 aliphatic carbocycles. The van der Waals surface area contributed by atoms with Crippen LogP contribution in [0.2, 0.25) is 0 Å². The van der Waals surface area contributed by atoms with E-state index in [0.29, 0.717) is 22.4 Å². The Bertz CT molecular complexity index is 1370. The van der Waals surface area contributed by atoms with Crippen molar-refractivity contribution in [3.05, 3.63) is 95.4 Å². The lowest BCUT2D eigenvalue weighted by Gasteiger charge is -2.11. The quantitative estimate of drug-likeness (QED) is 0.433. The van der Waals surface area contributed by atoms with Crippen LogP contribution < -0.4 is 10.1 Å². The fourth-order valence-corrected chi connectivity index (χ4v) is 3.14. The van der Waals surface area contributed by atoms with Gasteiger partial charge in [-0.05, 0) is 72.1 Å². The zero-order valence-corrected chi connectivity index (χ0v) is 17.0. The first-order valence-corrected chi connectivity index (χ1v) is 9.64. The van der Waals surface area contributed by atoms with Crippen LogP contribution in [0.15, 0.2) is 72.9 Å². The molecule has 1 N–H and O–H groups in total. The van der Waals surface area contributed by atoms with Crippen LogP contribution in [0.5, 0.6) is 11.6 Å². The van der Waals surface area contributed by atoms with Gasteiger partial charge in [0.2, 0.25) is 11.8 Å². The number of rotatable bonds is 5. The summed E-state index contributed by atoms with van der Waals surface area (Å²) in [5.74, 6) is -0.0515. The summed E-state index contributed by atoms with van der Waals surface area (Å²) in [6.45, 7) is 1.88. The Kier molecular flexibility index (Phi) is 5.74. The highest BCUT2D eigenvalue weighted by Crippen LogP contribution is 2.30. The van der Waals surface area contributed by atoms with Gasteiger partial charge >= 0.3 is 0 Å². The summed E-state index contributed by atoms with van der Waals surface area (Å²) >= 11 is 0. The number of nitrogens with zero attached hydrogens (tertiary/aromatic N) is 4. The third-order valence-electron chi connectivity index (χ3n) is 4.71. The van der Waals surface area contributed by atoms with E-state index in [1.807, 2.05) is 6.92 Å². The molecule has 0 amide bonds. The topological polar surface area (TPSA) is 94.6 Å². The Hall–Kier alpha value is -4.75. The van der Waals surface area contributed by atoms with Crippen molar-refractivity contribution in [1.82, 2.24) is 9.97 Å². The number of halogens is 1. The smallest absolute Gasteiger partial charge is 0.230 e. The first-order chi connectivity index (χ1) is 15.6. The minimum atomic E-state index is -0.536. The maximum absolute atomic E-state index is 14.8. The van der Waals surface area contributed by atoms with Crippen molar-refractivity contribution in [2.45, 2.75) is 6.92 Å². The van der Waals surface area contributed by atoms with E-state index in [2.05, 4.69) is 27.4 Å². The number of nitriles is 2. The number of anilines is 2. The predicted molar refractivity (Wildman–Crippen MR) is 118 cm³/mol. The standard InChI is InChI=1S/C25H16FN5O/c1-16-12-18(15-28)4-8-21(16)19-5-9-23(22(26)13-19)32-24-10-11-29-25(31-24)30-20-6-2-17(14-27)3-7-20/h2-13H,1H3,(H,29,30,31). The van der Waals surface area contributed by atoms with Gasteiger partial charge in [-0.3, -0.25) is 0 Å². The summed E-state index contributed by atoms with van der Waals surface area (Å²) in [7, 11) is 0. The summed E-state index contributed by atoms with van der Waals surface area (Å²) in [6, 6.07) is 22.5. The van der Waals surface area contributed by atoms with Gasteiger partial charge in [-0.1, -0.05) is 12.1 Å². The largest absolute Gasteiger partial charge is 0.436 e. The van der Waals surface area contributed by atoms with Crippen LogP contribution in [0.25, 0.3) is 11.1 Å². The minimum Gasteiger partial charge on any atom is -0.436 e. The van der Waals surface area contributed by atoms with E-state index < -0.39 is 5.82 Å². The van der Waals surface area contributed by atoms with E-state index in [1.54, 1.807) is 48.5 Å². The number of aryl methyl sites for hydroxylation is 1. The molecule has 0 bridgehead atoms. The molecule has 4 rings (SSSR count). The van der Waals surface area contributed by atoms with Crippen molar-refractivity contribution in [3.63, 3.8) is 0 Å². The summed E-state index contributed by atoms with van der Waals surface area (Å²) in [5, 5.41) is 20.9. The molecule has 7 heteroatoms. The molecule has 0 aliphatic heterocycles. The number of aromatic nitrogens is 2. The molecule has 1 heterocycles. The normalized spacial score (nSPS) is 10.1. The van der Waals surface area contributed by atoms with Gasteiger partial charge < -0.3 is 10.1 Å². The average Bonchev–Trinajstić information content (AvgIpc) is 2.81. The van der Waals surface area contributed by atoms with Crippen LogP contribution >= 0.6 is 0 Å². The number of hydrogen-bond acceptors (Lipinski definition) is 6. The summed E-state index contributed by atoms with van der Waals surface area (Å²) in [5.41, 5.74) is 4.21. The van der Waals surface area contributed by atoms with Crippen molar-refractivity contribution in [2.24, 2.45) is 0 Å². The first kappa shape index (κ1) is 20.5. The van der Waals surface area contributed by atoms with Crippen LogP contribution in [-0.2, 0) is 0 Å². The van der Waals surface area contributed by atoms with Crippen molar-refractivity contribution >= 4 is 11.6 Å². The van der Waals surface area contributed by atoms with Gasteiger partial charge in [0.1, 0.15) is 0 Å². The summed E-state index contributed by atoms with van der Waals surface area (Å²) in [6.07, 6.45) is 1.50. The first-order valence-electron chi connectivity index (χ1n) is 9.64. The summed E-state index contributed by atoms with van der Waals surface area (Å²) < 4.78 is 20.4. The number of ether oxygens (including phenoxy) is 1. The molecule has 1 aromatic heterocycles. The summed E-state index contributed by atoms with van der Waals surface area (Å²) in [4.78, 5) is 8.39. The third-order valence-corrected chi connectivity index (χ3v) is 4.71. The van der Waals surface area contributed by atoms with E-state index in [0.717, 1.165) is 11.1 Å². The van der Waals surface area contributed by atoms with Crippen LogP contribution in [0, 0.1) is 35.4 Å². The fourth-order valence-electron chi connectivity index (χ4n) is 3.14. The van der Waals surface area contributed by atoms with Gasteiger partial charge in [-0.25, -0.2) is 9.37 Å². The molecule has 0 atom stereocenters. The molecule has 0 saturated heterocycles. The molecule has 6 nitrogen and oxygen atoms in total. The molecule has 0 spiro atoms. The highest BCUT2D eigenvalue weighted by Gasteiger charge is 2.11. The van der Waals surface area contributed by atoms with E-state index >= 15 is 0 Å². The van der Waals surface area contributed by atoms with Crippen LogP contribution in [-0.4, -0.2) is 9.97 Å². The van der Waals surface area contributed by atoms with Gasteiger partial charge in [0.05, 0.1) is 23.3 Å². The average molecular weight is 421 g/mol. The molecular weight excluding hydrogens is 405 g/mol. The number of hydrogen-bond donors (Lipinski definition) is 1. The van der Waals surface area contributed by atoms with Crippen molar-refractivity contribution in [1.29, 1.82) is 10.5 Å². The van der Waals surface area contributed by atoms with Gasteiger partial charge in [-0.2, -0.15) is 15.5 Å². The van der Waals surface area contributed by atoms with Crippen LogP contribution in [0.1, 0.15) is 16.7 Å².